The third kappa shape index (κ3) is 4.51. The number of hydrogen-bond acceptors (Lipinski definition) is 5. The summed E-state index contributed by atoms with van der Waals surface area (Å²) < 4.78 is 18.2. The van der Waals surface area contributed by atoms with Crippen LogP contribution in [0.4, 0.5) is 4.39 Å². The van der Waals surface area contributed by atoms with Gasteiger partial charge in [0.05, 0.1) is 11.6 Å². The number of halogens is 1. The smallest absolute Gasteiger partial charge is 0.273 e. The fourth-order valence-electron chi connectivity index (χ4n) is 1.78. The zero-order chi connectivity index (χ0) is 15.9. The van der Waals surface area contributed by atoms with Crippen molar-refractivity contribution in [3.8, 4) is 5.75 Å². The van der Waals surface area contributed by atoms with Crippen LogP contribution >= 0.6 is 11.3 Å². The van der Waals surface area contributed by atoms with Crippen LogP contribution in [0.2, 0.25) is 0 Å². The van der Waals surface area contributed by atoms with E-state index >= 15 is 0 Å². The Morgan fingerprint density at radius 3 is 2.82 bits per heavy atom. The molecule has 0 radical (unpaired) electrons. The summed E-state index contributed by atoms with van der Waals surface area (Å²) in [5.41, 5.74) is 5.90. The molecule has 0 aliphatic rings. The van der Waals surface area contributed by atoms with Gasteiger partial charge in [-0.25, -0.2) is 9.37 Å². The molecule has 0 unspecified atom stereocenters. The maximum atomic E-state index is 12.8. The Morgan fingerprint density at radius 2 is 2.14 bits per heavy atom. The van der Waals surface area contributed by atoms with Crippen molar-refractivity contribution in [2.45, 2.75) is 6.42 Å². The average Bonchev–Trinajstić information content (AvgIpc) is 2.97. The third-order valence-electron chi connectivity index (χ3n) is 2.98. The van der Waals surface area contributed by atoms with Crippen LogP contribution in [-0.4, -0.2) is 42.5 Å². The predicted octanol–water partition coefficient (Wildman–Crippen LogP) is 1.93. The predicted molar refractivity (Wildman–Crippen MR) is 83.7 cm³/mol. The highest BCUT2D eigenvalue weighted by molar-refractivity contribution is 7.09. The molecule has 5 nitrogen and oxygen atoms in total. The number of nitrogens with two attached hydrogens (primary N) is 1. The molecule has 22 heavy (non-hydrogen) atoms. The van der Waals surface area contributed by atoms with Gasteiger partial charge in [-0.15, -0.1) is 11.3 Å². The van der Waals surface area contributed by atoms with E-state index in [2.05, 4.69) is 4.98 Å². The van der Waals surface area contributed by atoms with Crippen LogP contribution in [0.25, 0.3) is 0 Å². The van der Waals surface area contributed by atoms with Crippen LogP contribution in [-0.2, 0) is 6.42 Å². The summed E-state index contributed by atoms with van der Waals surface area (Å²) in [6.07, 6.45) is 0.676. The van der Waals surface area contributed by atoms with E-state index in [1.165, 1.54) is 23.5 Å². The van der Waals surface area contributed by atoms with Crippen LogP contribution in [0.3, 0.4) is 0 Å². The molecule has 1 amide bonds. The maximum Gasteiger partial charge on any atom is 0.273 e. The Hall–Kier alpha value is -1.99. The van der Waals surface area contributed by atoms with Crippen LogP contribution < -0.4 is 10.5 Å². The highest BCUT2D eigenvalue weighted by Crippen LogP contribution is 2.13. The maximum absolute atomic E-state index is 12.8. The largest absolute Gasteiger partial charge is 0.492 e. The van der Waals surface area contributed by atoms with Gasteiger partial charge < -0.3 is 15.4 Å². The number of thiazole rings is 1. The minimum Gasteiger partial charge on any atom is -0.492 e. The lowest BCUT2D eigenvalue weighted by atomic mass is 10.3. The lowest BCUT2D eigenvalue weighted by Gasteiger charge is -2.16. The van der Waals surface area contributed by atoms with Crippen molar-refractivity contribution in [2.75, 3.05) is 26.7 Å². The SMILES string of the molecule is CN(CCOc1ccc(F)cc1)C(=O)c1csc(CCN)n1. The molecule has 1 aromatic heterocycles. The molecule has 1 heterocycles. The number of carbonyl (C=O) groups is 1. The summed E-state index contributed by atoms with van der Waals surface area (Å²) >= 11 is 1.44. The molecule has 0 saturated carbocycles. The fourth-order valence-corrected chi connectivity index (χ4v) is 2.56. The van der Waals surface area contributed by atoms with Crippen molar-refractivity contribution in [1.82, 2.24) is 9.88 Å². The van der Waals surface area contributed by atoms with Crippen molar-refractivity contribution in [1.29, 1.82) is 0 Å². The molecule has 0 atom stereocenters. The number of benzene rings is 1. The van der Waals surface area contributed by atoms with Gasteiger partial charge in [0.25, 0.3) is 5.91 Å². The molecule has 2 N–H and O–H groups in total. The van der Waals surface area contributed by atoms with Crippen molar-refractivity contribution in [2.24, 2.45) is 5.73 Å². The highest BCUT2D eigenvalue weighted by atomic mass is 32.1. The number of amides is 1. The van der Waals surface area contributed by atoms with Gasteiger partial charge in [0.1, 0.15) is 23.9 Å². The van der Waals surface area contributed by atoms with Crippen LogP contribution in [0.5, 0.6) is 5.75 Å². The highest BCUT2D eigenvalue weighted by Gasteiger charge is 2.15. The van der Waals surface area contributed by atoms with Gasteiger partial charge in [-0.1, -0.05) is 0 Å². The topological polar surface area (TPSA) is 68.5 Å². The number of hydrogen-bond donors (Lipinski definition) is 1. The van der Waals surface area contributed by atoms with Gasteiger partial charge in [0.2, 0.25) is 0 Å². The Balaban J connectivity index is 1.81. The standard InChI is InChI=1S/C15H18FN3O2S/c1-19(8-9-21-12-4-2-11(16)3-5-12)15(20)13-10-22-14(18-13)6-7-17/h2-5,10H,6-9,17H2,1H3. The first-order chi connectivity index (χ1) is 10.6. The van der Waals surface area contributed by atoms with Gasteiger partial charge in [-0.2, -0.15) is 0 Å². The van der Waals surface area contributed by atoms with Crippen molar-refractivity contribution < 1.29 is 13.9 Å². The van der Waals surface area contributed by atoms with E-state index in [0.29, 0.717) is 37.6 Å². The second-order valence-corrected chi connectivity index (χ2v) is 5.64. The lowest BCUT2D eigenvalue weighted by Crippen LogP contribution is -2.31. The van der Waals surface area contributed by atoms with Crippen LogP contribution in [0, 0.1) is 5.82 Å². The van der Waals surface area contributed by atoms with E-state index in [-0.39, 0.29) is 11.7 Å². The zero-order valence-electron chi connectivity index (χ0n) is 12.3. The number of carbonyl (C=O) groups excluding carboxylic acids is 1. The normalized spacial score (nSPS) is 10.5. The minimum absolute atomic E-state index is 0.151. The van der Waals surface area contributed by atoms with Gasteiger partial charge in [0, 0.05) is 18.8 Å². The van der Waals surface area contributed by atoms with Gasteiger partial charge in [-0.3, -0.25) is 4.79 Å². The minimum atomic E-state index is -0.309. The Kier molecular flexibility index (Phi) is 5.85. The van der Waals surface area contributed by atoms with Crippen LogP contribution in [0.15, 0.2) is 29.6 Å². The first kappa shape index (κ1) is 16.4. The number of aromatic nitrogens is 1. The fraction of sp³-hybridized carbons (Fsp3) is 0.333. The van der Waals surface area contributed by atoms with Crippen molar-refractivity contribution >= 4 is 17.2 Å². The number of nitrogens with zero attached hydrogens (tertiary/aromatic N) is 2. The van der Waals surface area contributed by atoms with E-state index in [4.69, 9.17) is 10.5 Å². The Bertz CT molecular complexity index is 616. The second kappa shape index (κ2) is 7.86. The summed E-state index contributed by atoms with van der Waals surface area (Å²) in [7, 11) is 1.69. The average molecular weight is 323 g/mol. The van der Waals surface area contributed by atoms with Gasteiger partial charge in [-0.05, 0) is 30.8 Å². The third-order valence-corrected chi connectivity index (χ3v) is 3.89. The van der Waals surface area contributed by atoms with E-state index in [1.807, 2.05) is 0 Å². The zero-order valence-corrected chi connectivity index (χ0v) is 13.1. The monoisotopic (exact) mass is 323 g/mol. The molecule has 0 fully saturated rings. The van der Waals surface area contributed by atoms with E-state index in [1.54, 1.807) is 29.5 Å². The molecule has 7 heteroatoms. The summed E-state index contributed by atoms with van der Waals surface area (Å²) in [5.74, 6) is 0.111. The molecule has 0 aliphatic heterocycles. The molecule has 0 spiro atoms. The summed E-state index contributed by atoms with van der Waals surface area (Å²) in [6, 6.07) is 5.77. The quantitative estimate of drug-likeness (QED) is 0.845. The van der Waals surface area contributed by atoms with Crippen molar-refractivity contribution in [3.63, 3.8) is 0 Å². The van der Waals surface area contributed by atoms with E-state index in [0.717, 1.165) is 5.01 Å². The number of likely N-dealkylation sites (N-methyl/N-ethyl adjacent to an activating group) is 1. The Labute approximate surface area is 132 Å². The summed E-state index contributed by atoms with van der Waals surface area (Å²) in [6.45, 7) is 1.26. The second-order valence-electron chi connectivity index (χ2n) is 4.69. The molecular formula is C15H18FN3O2S. The molecule has 2 rings (SSSR count). The first-order valence-corrected chi connectivity index (χ1v) is 7.76. The number of ether oxygens (including phenoxy) is 1. The van der Waals surface area contributed by atoms with Crippen LogP contribution in [0.1, 0.15) is 15.5 Å². The lowest BCUT2D eigenvalue weighted by molar-refractivity contribution is 0.0768. The first-order valence-electron chi connectivity index (χ1n) is 6.88. The summed E-state index contributed by atoms with van der Waals surface area (Å²) in [5, 5.41) is 2.60. The molecular weight excluding hydrogens is 305 g/mol. The molecule has 0 aliphatic carbocycles. The number of rotatable bonds is 7. The molecule has 0 saturated heterocycles. The van der Waals surface area contributed by atoms with Gasteiger partial charge in [0.15, 0.2) is 0 Å². The molecule has 2 aromatic rings. The molecule has 0 bridgehead atoms. The van der Waals surface area contributed by atoms with E-state index in [9.17, 15) is 9.18 Å². The molecule has 118 valence electrons. The van der Waals surface area contributed by atoms with Gasteiger partial charge >= 0.3 is 0 Å². The molecule has 1 aromatic carbocycles. The van der Waals surface area contributed by atoms with E-state index < -0.39 is 0 Å². The summed E-state index contributed by atoms with van der Waals surface area (Å²) in [4.78, 5) is 18.0. The van der Waals surface area contributed by atoms with Crippen molar-refractivity contribution in [3.05, 3.63) is 46.2 Å². The Morgan fingerprint density at radius 1 is 1.41 bits per heavy atom.